The molecule has 0 N–H and O–H groups in total. The number of para-hydroxylation sites is 1. The van der Waals surface area contributed by atoms with Gasteiger partial charge in [0.1, 0.15) is 5.75 Å². The first-order valence-corrected chi connectivity index (χ1v) is 8.41. The van der Waals surface area contributed by atoms with Gasteiger partial charge in [-0.05, 0) is 37.8 Å². The number of piperidine rings is 1. The minimum Gasteiger partial charge on any atom is -0.496 e. The normalized spacial score (nSPS) is 24.1. The Kier molecular flexibility index (Phi) is 4.84. The highest BCUT2D eigenvalue weighted by Gasteiger charge is 2.36. The van der Waals surface area contributed by atoms with Crippen molar-refractivity contribution in [2.45, 2.75) is 51.2 Å². The van der Waals surface area contributed by atoms with Crippen molar-refractivity contribution in [1.29, 1.82) is 0 Å². The highest BCUT2D eigenvalue weighted by molar-refractivity contribution is 6.05. The molecule has 0 aromatic heterocycles. The predicted octanol–water partition coefficient (Wildman–Crippen LogP) is 2.98. The molecule has 1 fully saturated rings. The predicted molar refractivity (Wildman–Crippen MR) is 88.7 cm³/mol. The molecule has 1 aromatic carbocycles. The lowest BCUT2D eigenvalue weighted by Gasteiger charge is -2.36. The summed E-state index contributed by atoms with van der Waals surface area (Å²) in [5.74, 6) is 0.831. The molecule has 0 unspecified atom stereocenters. The van der Waals surface area contributed by atoms with E-state index in [2.05, 4.69) is 12.1 Å². The van der Waals surface area contributed by atoms with E-state index in [1.165, 1.54) is 6.42 Å². The van der Waals surface area contributed by atoms with E-state index in [1.54, 1.807) is 7.11 Å². The molecule has 5 heteroatoms. The van der Waals surface area contributed by atoms with Gasteiger partial charge in [-0.1, -0.05) is 24.2 Å². The highest BCUT2D eigenvalue weighted by Crippen LogP contribution is 2.27. The second kappa shape index (κ2) is 7.02. The maximum absolute atomic E-state index is 12.8. The van der Waals surface area contributed by atoms with Gasteiger partial charge in [-0.15, -0.1) is 0 Å². The van der Waals surface area contributed by atoms with Crippen LogP contribution in [-0.2, 0) is 9.63 Å². The van der Waals surface area contributed by atoms with Crippen molar-refractivity contribution in [2.24, 2.45) is 5.16 Å². The van der Waals surface area contributed by atoms with Gasteiger partial charge >= 0.3 is 0 Å². The van der Waals surface area contributed by atoms with Gasteiger partial charge in [0.15, 0.2) is 0 Å². The average Bonchev–Trinajstić information content (AvgIpc) is 3.11. The van der Waals surface area contributed by atoms with Gasteiger partial charge in [0, 0.05) is 24.6 Å². The van der Waals surface area contributed by atoms with Crippen LogP contribution < -0.4 is 4.74 Å². The molecule has 2 heterocycles. The van der Waals surface area contributed by atoms with Crippen LogP contribution in [0.15, 0.2) is 29.4 Å². The first-order valence-electron chi connectivity index (χ1n) is 8.41. The van der Waals surface area contributed by atoms with Crippen LogP contribution in [0.2, 0.25) is 0 Å². The summed E-state index contributed by atoms with van der Waals surface area (Å²) in [6.07, 6.45) is 4.38. The molecule has 124 valence electrons. The molecule has 5 nitrogen and oxygen atoms in total. The van der Waals surface area contributed by atoms with Crippen LogP contribution >= 0.6 is 0 Å². The number of oxime groups is 1. The summed E-state index contributed by atoms with van der Waals surface area (Å²) >= 11 is 0. The van der Waals surface area contributed by atoms with Crippen LogP contribution in [-0.4, -0.2) is 42.3 Å². The number of carbonyl (C=O) groups is 1. The van der Waals surface area contributed by atoms with Gasteiger partial charge in [0.25, 0.3) is 5.91 Å². The Labute approximate surface area is 137 Å². The monoisotopic (exact) mass is 316 g/mol. The molecule has 0 saturated carbocycles. The molecule has 2 aliphatic rings. The molecule has 2 atom stereocenters. The SMILES string of the molecule is CC[C@H]1CCCCN1C(=O)[C@@H]1CC(c2ccccc2OC)=NO1. The fraction of sp³-hybridized carbons (Fsp3) is 0.556. The highest BCUT2D eigenvalue weighted by atomic mass is 16.6. The summed E-state index contributed by atoms with van der Waals surface area (Å²) in [6, 6.07) is 8.04. The zero-order valence-corrected chi connectivity index (χ0v) is 13.8. The van der Waals surface area contributed by atoms with Crippen molar-refractivity contribution in [3.8, 4) is 5.75 Å². The fourth-order valence-electron chi connectivity index (χ4n) is 3.45. The van der Waals surface area contributed by atoms with Crippen molar-refractivity contribution < 1.29 is 14.4 Å². The smallest absolute Gasteiger partial charge is 0.267 e. The van der Waals surface area contributed by atoms with Crippen molar-refractivity contribution in [3.63, 3.8) is 0 Å². The molecular weight excluding hydrogens is 292 g/mol. The number of hydrogen-bond donors (Lipinski definition) is 0. The van der Waals surface area contributed by atoms with Crippen LogP contribution in [0.1, 0.15) is 44.6 Å². The molecule has 23 heavy (non-hydrogen) atoms. The van der Waals surface area contributed by atoms with E-state index in [0.717, 1.165) is 42.8 Å². The molecule has 1 saturated heterocycles. The second-order valence-electron chi connectivity index (χ2n) is 6.13. The largest absolute Gasteiger partial charge is 0.496 e. The number of amides is 1. The van der Waals surface area contributed by atoms with Crippen LogP contribution in [0.5, 0.6) is 5.75 Å². The zero-order chi connectivity index (χ0) is 16.2. The number of carbonyl (C=O) groups excluding carboxylic acids is 1. The topological polar surface area (TPSA) is 51.1 Å². The summed E-state index contributed by atoms with van der Waals surface area (Å²) in [4.78, 5) is 20.3. The summed E-state index contributed by atoms with van der Waals surface area (Å²) in [5, 5.41) is 4.15. The molecule has 2 aliphatic heterocycles. The molecule has 0 bridgehead atoms. The number of nitrogens with zero attached hydrogens (tertiary/aromatic N) is 2. The molecule has 3 rings (SSSR count). The lowest BCUT2D eigenvalue weighted by molar-refractivity contribution is -0.146. The first kappa shape index (κ1) is 15.8. The maximum Gasteiger partial charge on any atom is 0.267 e. The molecule has 0 spiro atoms. The Hall–Kier alpha value is -2.04. The van der Waals surface area contributed by atoms with Crippen molar-refractivity contribution >= 4 is 11.6 Å². The van der Waals surface area contributed by atoms with Crippen molar-refractivity contribution in [3.05, 3.63) is 29.8 Å². The van der Waals surface area contributed by atoms with E-state index < -0.39 is 6.10 Å². The third-order valence-electron chi connectivity index (χ3n) is 4.74. The molecule has 1 amide bonds. The summed E-state index contributed by atoms with van der Waals surface area (Å²) in [7, 11) is 1.64. The van der Waals surface area contributed by atoms with E-state index in [0.29, 0.717) is 12.5 Å². The number of hydrogen-bond acceptors (Lipinski definition) is 4. The molecular formula is C18H24N2O3. The minimum absolute atomic E-state index is 0.0743. The lowest BCUT2D eigenvalue weighted by Crippen LogP contribution is -2.48. The van der Waals surface area contributed by atoms with E-state index in [9.17, 15) is 4.79 Å². The number of likely N-dealkylation sites (tertiary alicyclic amines) is 1. The Bertz CT molecular complexity index is 600. The molecule has 0 radical (unpaired) electrons. The van der Waals surface area contributed by atoms with Gasteiger partial charge in [0.05, 0.1) is 12.8 Å². The number of benzene rings is 1. The van der Waals surface area contributed by atoms with E-state index in [4.69, 9.17) is 9.57 Å². The number of methoxy groups -OCH3 is 1. The van der Waals surface area contributed by atoms with Crippen LogP contribution in [0.4, 0.5) is 0 Å². The van der Waals surface area contributed by atoms with Crippen LogP contribution in [0.25, 0.3) is 0 Å². The maximum atomic E-state index is 12.8. The quantitative estimate of drug-likeness (QED) is 0.858. The first-order chi connectivity index (χ1) is 11.2. The number of ether oxygens (including phenoxy) is 1. The van der Waals surface area contributed by atoms with E-state index in [1.807, 2.05) is 29.2 Å². The summed E-state index contributed by atoms with van der Waals surface area (Å²) < 4.78 is 5.37. The Balaban J connectivity index is 1.70. The lowest BCUT2D eigenvalue weighted by atomic mass is 9.98. The van der Waals surface area contributed by atoms with Crippen molar-refractivity contribution in [2.75, 3.05) is 13.7 Å². The summed E-state index contributed by atoms with van der Waals surface area (Å²) in [5.41, 5.74) is 1.68. The standard InChI is InChI=1S/C18H24N2O3/c1-3-13-8-6-7-11-20(13)18(21)17-12-15(19-23-17)14-9-4-5-10-16(14)22-2/h4-5,9-10,13,17H,3,6-8,11-12H2,1-2H3/t13-,17-/m0/s1. The average molecular weight is 316 g/mol. The van der Waals surface area contributed by atoms with Gasteiger partial charge in [0.2, 0.25) is 6.10 Å². The second-order valence-corrected chi connectivity index (χ2v) is 6.13. The van der Waals surface area contributed by atoms with E-state index >= 15 is 0 Å². The van der Waals surface area contributed by atoms with Gasteiger partial charge in [-0.25, -0.2) is 0 Å². The van der Waals surface area contributed by atoms with E-state index in [-0.39, 0.29) is 5.91 Å². The Morgan fingerprint density at radius 1 is 1.39 bits per heavy atom. The molecule has 1 aromatic rings. The zero-order valence-electron chi connectivity index (χ0n) is 13.8. The number of rotatable bonds is 4. The fourth-order valence-corrected chi connectivity index (χ4v) is 3.45. The van der Waals surface area contributed by atoms with Gasteiger partial charge in [-0.3, -0.25) is 4.79 Å². The Morgan fingerprint density at radius 2 is 2.22 bits per heavy atom. The third-order valence-corrected chi connectivity index (χ3v) is 4.74. The third kappa shape index (κ3) is 3.19. The van der Waals surface area contributed by atoms with Gasteiger partial charge < -0.3 is 14.5 Å². The Morgan fingerprint density at radius 3 is 3.00 bits per heavy atom. The minimum atomic E-state index is -0.498. The summed E-state index contributed by atoms with van der Waals surface area (Å²) in [6.45, 7) is 2.98. The van der Waals surface area contributed by atoms with Crippen molar-refractivity contribution in [1.82, 2.24) is 4.90 Å². The molecule has 0 aliphatic carbocycles. The van der Waals surface area contributed by atoms with Gasteiger partial charge in [-0.2, -0.15) is 0 Å². The van der Waals surface area contributed by atoms with Crippen LogP contribution in [0, 0.1) is 0 Å². The van der Waals surface area contributed by atoms with Crippen LogP contribution in [0.3, 0.4) is 0 Å².